The molecular weight excluding hydrogens is 205 g/mol. The predicted octanol–water partition coefficient (Wildman–Crippen LogP) is 1.55. The van der Waals surface area contributed by atoms with Crippen molar-refractivity contribution in [2.24, 2.45) is 0 Å². The number of rotatable bonds is 5. The van der Waals surface area contributed by atoms with Crippen LogP contribution in [0.3, 0.4) is 0 Å². The monoisotopic (exact) mass is 218 g/mol. The van der Waals surface area contributed by atoms with Gasteiger partial charge in [0.2, 0.25) is 0 Å². The summed E-state index contributed by atoms with van der Waals surface area (Å²) in [4.78, 5) is 9.35. The van der Waals surface area contributed by atoms with E-state index < -0.39 is 21.4 Å². The van der Waals surface area contributed by atoms with Gasteiger partial charge in [0, 0.05) is 26.7 Å². The third-order valence-corrected chi connectivity index (χ3v) is 3.85. The third-order valence-electron chi connectivity index (χ3n) is 1.59. The van der Waals surface area contributed by atoms with Crippen LogP contribution in [0.4, 0.5) is 13.2 Å². The Morgan fingerprint density at radius 2 is 1.69 bits per heavy atom. The smallest absolute Gasteiger partial charge is 0.390 e. The largest absolute Gasteiger partial charge is 0.497 e. The van der Waals surface area contributed by atoms with E-state index in [2.05, 4.69) is 8.85 Å². The van der Waals surface area contributed by atoms with Gasteiger partial charge in [0.25, 0.3) is 0 Å². The average molecular weight is 218 g/mol. The van der Waals surface area contributed by atoms with Crippen molar-refractivity contribution in [3.8, 4) is 0 Å². The van der Waals surface area contributed by atoms with Gasteiger partial charge in [-0.05, 0) is 6.42 Å². The summed E-state index contributed by atoms with van der Waals surface area (Å²) in [6.45, 7) is 0. The highest BCUT2D eigenvalue weighted by atomic mass is 28.4. The molecule has 0 rings (SSSR count). The molecule has 0 heterocycles. The van der Waals surface area contributed by atoms with E-state index in [1.54, 1.807) is 0 Å². The molecule has 0 aliphatic heterocycles. The van der Waals surface area contributed by atoms with E-state index in [0.717, 1.165) is 0 Å². The molecule has 1 N–H and O–H groups in total. The van der Waals surface area contributed by atoms with Gasteiger partial charge in [-0.1, -0.05) is 0 Å². The summed E-state index contributed by atoms with van der Waals surface area (Å²) in [5, 5.41) is 0. The molecule has 0 aromatic rings. The first-order valence-corrected chi connectivity index (χ1v) is 5.69. The Bertz CT molecular complexity index is 147. The van der Waals surface area contributed by atoms with E-state index in [-0.39, 0.29) is 12.5 Å². The summed E-state index contributed by atoms with van der Waals surface area (Å²) in [5.74, 6) is 0. The first kappa shape index (κ1) is 12.9. The summed E-state index contributed by atoms with van der Waals surface area (Å²) in [6.07, 6.45) is -5.28. The first-order chi connectivity index (χ1) is 5.83. The fourth-order valence-electron chi connectivity index (χ4n) is 0.800. The molecule has 0 aromatic heterocycles. The normalized spacial score (nSPS) is 13.4. The maximum absolute atomic E-state index is 11.7. The molecule has 0 aromatic carbocycles. The lowest BCUT2D eigenvalue weighted by Gasteiger charge is -2.19. The van der Waals surface area contributed by atoms with Gasteiger partial charge >= 0.3 is 15.0 Å². The van der Waals surface area contributed by atoms with Crippen LogP contribution in [-0.4, -0.2) is 34.0 Å². The summed E-state index contributed by atoms with van der Waals surface area (Å²) in [7, 11) is -0.846. The SMILES string of the molecule is CO[Si](O)(CCCC(F)(F)F)OC. The lowest BCUT2D eigenvalue weighted by molar-refractivity contribution is -0.134. The molecule has 0 bridgehead atoms. The van der Waals surface area contributed by atoms with E-state index in [1.165, 1.54) is 14.2 Å². The lowest BCUT2D eigenvalue weighted by atomic mass is 10.3. The van der Waals surface area contributed by atoms with Crippen molar-refractivity contribution in [2.45, 2.75) is 25.1 Å². The molecule has 7 heteroatoms. The Balaban J connectivity index is 3.74. The van der Waals surface area contributed by atoms with E-state index >= 15 is 0 Å². The van der Waals surface area contributed by atoms with Crippen LogP contribution in [-0.2, 0) is 8.85 Å². The molecule has 0 radical (unpaired) electrons. The van der Waals surface area contributed by atoms with E-state index in [1.807, 2.05) is 0 Å². The van der Waals surface area contributed by atoms with Gasteiger partial charge in [-0.2, -0.15) is 13.2 Å². The first-order valence-electron chi connectivity index (χ1n) is 3.72. The second kappa shape index (κ2) is 4.94. The Hall–Kier alpha value is -0.113. The fraction of sp³-hybridized carbons (Fsp3) is 1.00. The minimum absolute atomic E-state index is 0.0699. The zero-order valence-corrected chi connectivity index (χ0v) is 8.52. The van der Waals surface area contributed by atoms with Gasteiger partial charge in [0.15, 0.2) is 0 Å². The average Bonchev–Trinajstić information content (AvgIpc) is 2.02. The molecule has 0 unspecified atom stereocenters. The molecular formula is C6H13F3O3Si. The standard InChI is InChI=1S/C6H13F3O3Si/c1-11-13(10,12-2)5-3-4-6(7,8)9/h10H,3-5H2,1-2H3. The highest BCUT2D eigenvalue weighted by molar-refractivity contribution is 6.59. The third kappa shape index (κ3) is 6.03. The van der Waals surface area contributed by atoms with Crippen molar-refractivity contribution in [2.75, 3.05) is 14.2 Å². The van der Waals surface area contributed by atoms with Crippen LogP contribution in [0.25, 0.3) is 0 Å². The molecule has 0 amide bonds. The van der Waals surface area contributed by atoms with Crippen LogP contribution in [0.5, 0.6) is 0 Å². The van der Waals surface area contributed by atoms with Crippen molar-refractivity contribution in [1.82, 2.24) is 0 Å². The van der Waals surface area contributed by atoms with Gasteiger partial charge in [-0.15, -0.1) is 0 Å². The maximum atomic E-state index is 11.7. The molecule has 0 saturated carbocycles. The molecule has 0 atom stereocenters. The van der Waals surface area contributed by atoms with Crippen molar-refractivity contribution in [3.05, 3.63) is 0 Å². The fourth-order valence-corrected chi connectivity index (χ4v) is 2.00. The van der Waals surface area contributed by atoms with Crippen LogP contribution >= 0.6 is 0 Å². The molecule has 0 aliphatic carbocycles. The highest BCUT2D eigenvalue weighted by Crippen LogP contribution is 2.24. The summed E-state index contributed by atoms with van der Waals surface area (Å²) >= 11 is 0. The Labute approximate surface area is 75.8 Å². The van der Waals surface area contributed by atoms with Crippen LogP contribution in [0.1, 0.15) is 12.8 Å². The predicted molar refractivity (Wildman–Crippen MR) is 42.1 cm³/mol. The second-order valence-corrected chi connectivity index (χ2v) is 5.33. The Morgan fingerprint density at radius 1 is 1.23 bits per heavy atom. The van der Waals surface area contributed by atoms with E-state index in [9.17, 15) is 18.0 Å². The van der Waals surface area contributed by atoms with Crippen molar-refractivity contribution >= 4 is 8.80 Å². The highest BCUT2D eigenvalue weighted by Gasteiger charge is 2.36. The van der Waals surface area contributed by atoms with Crippen LogP contribution in [0, 0.1) is 0 Å². The number of hydrogen-bond acceptors (Lipinski definition) is 3. The van der Waals surface area contributed by atoms with Crippen molar-refractivity contribution in [3.63, 3.8) is 0 Å². The molecule has 0 aliphatic rings. The number of halogens is 3. The van der Waals surface area contributed by atoms with Gasteiger partial charge in [0.1, 0.15) is 0 Å². The van der Waals surface area contributed by atoms with Gasteiger partial charge in [-0.3, -0.25) is 0 Å². The molecule has 3 nitrogen and oxygen atoms in total. The van der Waals surface area contributed by atoms with Crippen molar-refractivity contribution < 1.29 is 26.8 Å². The van der Waals surface area contributed by atoms with Crippen molar-refractivity contribution in [1.29, 1.82) is 0 Å². The molecule has 13 heavy (non-hydrogen) atoms. The Kier molecular flexibility index (Phi) is 4.90. The van der Waals surface area contributed by atoms with Gasteiger partial charge in [-0.25, -0.2) is 0 Å². The summed E-state index contributed by atoms with van der Waals surface area (Å²) in [5.41, 5.74) is 0. The minimum Gasteiger partial charge on any atom is -0.390 e. The van der Waals surface area contributed by atoms with Crippen LogP contribution < -0.4 is 0 Å². The lowest BCUT2D eigenvalue weighted by Crippen LogP contribution is -2.40. The molecule has 0 saturated heterocycles. The summed E-state index contributed by atoms with van der Waals surface area (Å²) < 4.78 is 44.3. The van der Waals surface area contributed by atoms with Crippen LogP contribution in [0.2, 0.25) is 6.04 Å². The quantitative estimate of drug-likeness (QED) is 0.712. The second-order valence-electron chi connectivity index (χ2n) is 2.59. The molecule has 0 fully saturated rings. The molecule has 0 spiro atoms. The van der Waals surface area contributed by atoms with Crippen LogP contribution in [0.15, 0.2) is 0 Å². The van der Waals surface area contributed by atoms with E-state index in [0.29, 0.717) is 0 Å². The number of alkyl halides is 3. The van der Waals surface area contributed by atoms with E-state index in [4.69, 9.17) is 0 Å². The maximum Gasteiger partial charge on any atom is 0.497 e. The number of hydrogen-bond donors (Lipinski definition) is 1. The van der Waals surface area contributed by atoms with Gasteiger partial charge < -0.3 is 13.6 Å². The van der Waals surface area contributed by atoms with Gasteiger partial charge in [0.05, 0.1) is 0 Å². The zero-order valence-electron chi connectivity index (χ0n) is 7.52. The summed E-state index contributed by atoms with van der Waals surface area (Å²) in [6, 6.07) is -0.0699. The molecule has 80 valence electrons. The minimum atomic E-state index is -4.18. The Morgan fingerprint density at radius 3 is 2.00 bits per heavy atom. The topological polar surface area (TPSA) is 38.7 Å². The zero-order chi connectivity index (χ0) is 10.5.